The van der Waals surface area contributed by atoms with Crippen LogP contribution in [0.15, 0.2) is 0 Å². The summed E-state index contributed by atoms with van der Waals surface area (Å²) in [6, 6.07) is 0. The topological polar surface area (TPSA) is 29.5 Å². The third-order valence-electron chi connectivity index (χ3n) is 1.66. The Hall–Kier alpha value is -0.356. The Balaban J connectivity index is 0. The van der Waals surface area contributed by atoms with Crippen LogP contribution in [0.4, 0.5) is 4.79 Å². The van der Waals surface area contributed by atoms with Crippen LogP contribution in [-0.4, -0.2) is 31.0 Å². The van der Waals surface area contributed by atoms with Crippen LogP contribution in [0.2, 0.25) is 19.6 Å². The van der Waals surface area contributed by atoms with Gasteiger partial charge in [-0.1, -0.05) is 19.6 Å². The number of carbonyl (C=O) groups excluding carboxylic acids is 1. The molecule has 0 rings (SSSR count). The summed E-state index contributed by atoms with van der Waals surface area (Å²) < 4.78 is 6.89. The van der Waals surface area contributed by atoms with Gasteiger partial charge in [-0.25, -0.2) is 4.79 Å². The molecule has 3 nitrogen and oxygen atoms in total. The first kappa shape index (κ1) is 18.0. The summed E-state index contributed by atoms with van der Waals surface area (Å²) >= 11 is 0. The van der Waals surface area contributed by atoms with E-state index in [1.54, 1.807) is 4.57 Å². The van der Waals surface area contributed by atoms with Gasteiger partial charge in [0.2, 0.25) is 0 Å². The summed E-state index contributed by atoms with van der Waals surface area (Å²) in [5.41, 5.74) is -0.489. The van der Waals surface area contributed by atoms with Crippen LogP contribution in [0.25, 0.3) is 0 Å². The molecule has 86 valence electrons. The average Bonchev–Trinajstić information content (AvgIpc) is 1.93. The van der Waals surface area contributed by atoms with Crippen LogP contribution >= 0.6 is 0 Å². The van der Waals surface area contributed by atoms with Crippen molar-refractivity contribution in [2.75, 3.05) is 6.54 Å². The normalized spacial score (nSPS) is 11.1. The number of hydrogen-bond donors (Lipinski definition) is 0. The third-order valence-corrected chi connectivity index (χ3v) is 3.62. The van der Waals surface area contributed by atoms with Crippen molar-refractivity contribution in [1.82, 2.24) is 4.57 Å². The van der Waals surface area contributed by atoms with Gasteiger partial charge in [-0.3, -0.25) is 0 Å². The molecular formula is C11H20LiNO2Si. The minimum absolute atomic E-state index is 0. The summed E-state index contributed by atoms with van der Waals surface area (Å²) in [5, 5.41) is 0. The molecule has 0 spiro atoms. The molecule has 0 unspecified atom stereocenters. The number of hydrogen-bond acceptors (Lipinski definition) is 2. The second-order valence-electron chi connectivity index (χ2n) is 5.41. The number of ether oxygens (including phenoxy) is 1. The van der Waals surface area contributed by atoms with Crippen molar-refractivity contribution in [2.24, 2.45) is 0 Å². The fourth-order valence-corrected chi connectivity index (χ4v) is 2.12. The van der Waals surface area contributed by atoms with Gasteiger partial charge in [-0.15, -0.1) is 0 Å². The minimum atomic E-state index is -1.79. The third kappa shape index (κ3) is 7.01. The van der Waals surface area contributed by atoms with E-state index in [0.29, 0.717) is 0 Å². The van der Waals surface area contributed by atoms with Crippen molar-refractivity contribution in [2.45, 2.75) is 46.0 Å². The second-order valence-corrected chi connectivity index (χ2v) is 10.3. The first-order valence-electron chi connectivity index (χ1n) is 4.98. The summed E-state index contributed by atoms with van der Waals surface area (Å²) in [5.74, 6) is 2.25. The molecule has 0 fully saturated rings. The van der Waals surface area contributed by atoms with Crippen molar-refractivity contribution >= 4 is 14.3 Å². The molecule has 0 aliphatic heterocycles. The van der Waals surface area contributed by atoms with Gasteiger partial charge >= 0.3 is 25.0 Å². The van der Waals surface area contributed by atoms with Crippen molar-refractivity contribution in [3.8, 4) is 5.92 Å². The van der Waals surface area contributed by atoms with Gasteiger partial charge in [0, 0.05) is 6.54 Å². The van der Waals surface area contributed by atoms with E-state index >= 15 is 0 Å². The first-order valence-corrected chi connectivity index (χ1v) is 8.43. The summed E-state index contributed by atoms with van der Waals surface area (Å²) in [6.45, 7) is 11.8. The maximum atomic E-state index is 11.8. The summed E-state index contributed by atoms with van der Waals surface area (Å²) in [6.07, 6.45) is 6.61. The van der Waals surface area contributed by atoms with Crippen LogP contribution in [0.1, 0.15) is 20.8 Å². The molecule has 0 saturated heterocycles. The van der Waals surface area contributed by atoms with Gasteiger partial charge in [-0.05, 0) is 20.8 Å². The molecule has 0 aromatic heterocycles. The predicted octanol–water partition coefficient (Wildman–Crippen LogP) is -0.348. The SMILES string of the molecule is [C-]#CCN(C(=O)OC(C)(C)C)[Si](C)(C)C.[Li+]. The molecule has 1 amide bonds. The molecule has 0 aromatic rings. The fourth-order valence-electron chi connectivity index (χ4n) is 0.972. The van der Waals surface area contributed by atoms with E-state index in [2.05, 4.69) is 5.92 Å². The molecule has 0 heterocycles. The Bertz CT molecular complexity index is 273. The van der Waals surface area contributed by atoms with E-state index in [0.717, 1.165) is 0 Å². The predicted molar refractivity (Wildman–Crippen MR) is 63.4 cm³/mol. The summed E-state index contributed by atoms with van der Waals surface area (Å²) in [7, 11) is -1.79. The number of rotatable bonds is 2. The second kappa shape index (κ2) is 6.40. The van der Waals surface area contributed by atoms with Crippen LogP contribution in [0.5, 0.6) is 0 Å². The molecule has 0 radical (unpaired) electrons. The number of nitrogens with zero attached hydrogens (tertiary/aromatic N) is 1. The van der Waals surface area contributed by atoms with Crippen LogP contribution in [-0.2, 0) is 4.74 Å². The van der Waals surface area contributed by atoms with E-state index in [-0.39, 0.29) is 31.5 Å². The largest absolute Gasteiger partial charge is 1.00 e. The molecule has 0 aliphatic rings. The zero-order chi connectivity index (χ0) is 12.3. The van der Waals surface area contributed by atoms with Crippen molar-refractivity contribution in [1.29, 1.82) is 0 Å². The fraction of sp³-hybridized carbons (Fsp3) is 0.727. The standard InChI is InChI=1S/C11H20NO2Si.Li/c1-8-9-12(15(5,6)7)10(13)14-11(2,3)4;/h9H2,2-7H3;/q-1;+1. The smallest absolute Gasteiger partial charge is 0.692 e. The van der Waals surface area contributed by atoms with Gasteiger partial charge < -0.3 is 21.6 Å². The Morgan fingerprint density at radius 2 is 1.81 bits per heavy atom. The Morgan fingerprint density at radius 1 is 1.38 bits per heavy atom. The van der Waals surface area contributed by atoms with Crippen LogP contribution in [0, 0.1) is 12.3 Å². The van der Waals surface area contributed by atoms with Crippen molar-refractivity contribution < 1.29 is 28.4 Å². The molecular weight excluding hydrogens is 213 g/mol. The number of amides is 1. The Kier molecular flexibility index (Phi) is 7.21. The molecule has 0 saturated carbocycles. The van der Waals surface area contributed by atoms with Crippen molar-refractivity contribution in [3.05, 3.63) is 6.42 Å². The van der Waals surface area contributed by atoms with Gasteiger partial charge in [0.25, 0.3) is 0 Å². The van der Waals surface area contributed by atoms with E-state index in [1.165, 1.54) is 0 Å². The monoisotopic (exact) mass is 233 g/mol. The van der Waals surface area contributed by atoms with Gasteiger partial charge in [0.1, 0.15) is 5.60 Å². The van der Waals surface area contributed by atoms with Crippen molar-refractivity contribution in [3.63, 3.8) is 0 Å². The average molecular weight is 233 g/mol. The van der Waals surface area contributed by atoms with Crippen LogP contribution in [0.3, 0.4) is 0 Å². The Labute approximate surface area is 112 Å². The minimum Gasteiger partial charge on any atom is -0.692 e. The number of carbonyl (C=O) groups is 1. The summed E-state index contributed by atoms with van der Waals surface area (Å²) in [4.78, 5) is 11.8. The van der Waals surface area contributed by atoms with E-state index < -0.39 is 13.8 Å². The molecule has 0 bridgehead atoms. The zero-order valence-corrected chi connectivity index (χ0v) is 12.5. The molecule has 0 atom stereocenters. The molecule has 5 heteroatoms. The Morgan fingerprint density at radius 3 is 2.06 bits per heavy atom. The van der Waals surface area contributed by atoms with Gasteiger partial charge in [-0.2, -0.15) is 0 Å². The molecule has 0 N–H and O–H groups in total. The van der Waals surface area contributed by atoms with Crippen LogP contribution < -0.4 is 18.9 Å². The van der Waals surface area contributed by atoms with E-state index in [4.69, 9.17) is 11.2 Å². The van der Waals surface area contributed by atoms with Gasteiger partial charge in [0.15, 0.2) is 8.24 Å². The quantitative estimate of drug-likeness (QED) is 0.371. The maximum absolute atomic E-state index is 11.8. The molecule has 16 heavy (non-hydrogen) atoms. The first-order chi connectivity index (χ1) is 6.58. The van der Waals surface area contributed by atoms with E-state index in [1.807, 2.05) is 40.4 Å². The van der Waals surface area contributed by atoms with Gasteiger partial charge in [0.05, 0.1) is 0 Å². The zero-order valence-electron chi connectivity index (χ0n) is 11.5. The van der Waals surface area contributed by atoms with E-state index in [9.17, 15) is 4.79 Å². The molecule has 0 aromatic carbocycles. The maximum Gasteiger partial charge on any atom is 1.00 e. The molecule has 0 aliphatic carbocycles.